The maximum Gasteiger partial charge on any atom is 0.144 e. The van der Waals surface area contributed by atoms with Crippen molar-refractivity contribution in [1.29, 1.82) is 0 Å². The predicted octanol–water partition coefficient (Wildman–Crippen LogP) is 5.25. The number of nitrogen functional groups attached to an aromatic ring is 1. The molecule has 0 heterocycles. The van der Waals surface area contributed by atoms with Crippen LogP contribution in [0.25, 0.3) is 0 Å². The van der Waals surface area contributed by atoms with Gasteiger partial charge in [-0.1, -0.05) is 29.3 Å². The largest absolute Gasteiger partial charge is 0.489 e. The Morgan fingerprint density at radius 2 is 1.81 bits per heavy atom. The van der Waals surface area contributed by atoms with E-state index in [1.807, 2.05) is 13.8 Å². The molecule has 2 aromatic carbocycles. The fraction of sp³-hybridized carbons (Fsp3) is 0.200. The molecule has 0 atom stereocenters. The van der Waals surface area contributed by atoms with Gasteiger partial charge < -0.3 is 15.8 Å². The van der Waals surface area contributed by atoms with Crippen molar-refractivity contribution in [2.75, 3.05) is 11.1 Å². The zero-order chi connectivity index (χ0) is 15.6. The van der Waals surface area contributed by atoms with Crippen molar-refractivity contribution in [3.8, 4) is 5.75 Å². The molecular formula is C15H15Cl2FN2O. The van der Waals surface area contributed by atoms with E-state index in [2.05, 4.69) is 5.32 Å². The Morgan fingerprint density at radius 3 is 2.38 bits per heavy atom. The van der Waals surface area contributed by atoms with E-state index < -0.39 is 5.82 Å². The highest BCUT2D eigenvalue weighted by Crippen LogP contribution is 2.37. The molecule has 0 amide bonds. The molecule has 0 aliphatic rings. The fourth-order valence-electron chi connectivity index (χ4n) is 1.81. The first kappa shape index (κ1) is 15.7. The van der Waals surface area contributed by atoms with E-state index in [1.54, 1.807) is 18.2 Å². The summed E-state index contributed by atoms with van der Waals surface area (Å²) < 4.78 is 18.8. The molecule has 0 spiro atoms. The highest BCUT2D eigenvalue weighted by atomic mass is 35.5. The number of halogens is 3. The third-order valence-electron chi connectivity index (χ3n) is 2.70. The van der Waals surface area contributed by atoms with Crippen molar-refractivity contribution in [3.05, 3.63) is 46.2 Å². The average Bonchev–Trinajstić information content (AvgIpc) is 2.37. The van der Waals surface area contributed by atoms with Crippen LogP contribution in [-0.4, -0.2) is 6.10 Å². The molecular weight excluding hydrogens is 314 g/mol. The first-order valence-electron chi connectivity index (χ1n) is 6.35. The number of benzene rings is 2. The van der Waals surface area contributed by atoms with Crippen LogP contribution >= 0.6 is 23.2 Å². The summed E-state index contributed by atoms with van der Waals surface area (Å²) in [6.07, 6.45) is 0.000507. The van der Waals surface area contributed by atoms with Crippen LogP contribution in [0.4, 0.5) is 21.5 Å². The normalized spacial score (nSPS) is 10.8. The Hall–Kier alpha value is -1.65. The molecule has 0 radical (unpaired) electrons. The van der Waals surface area contributed by atoms with Gasteiger partial charge in [0.2, 0.25) is 0 Å². The molecule has 112 valence electrons. The van der Waals surface area contributed by atoms with Gasteiger partial charge in [-0.25, -0.2) is 4.39 Å². The molecule has 0 aromatic heterocycles. The molecule has 2 rings (SSSR count). The zero-order valence-corrected chi connectivity index (χ0v) is 13.1. The van der Waals surface area contributed by atoms with Crippen LogP contribution in [-0.2, 0) is 0 Å². The minimum atomic E-state index is -0.500. The second kappa shape index (κ2) is 6.41. The van der Waals surface area contributed by atoms with Gasteiger partial charge >= 0.3 is 0 Å². The van der Waals surface area contributed by atoms with Crippen molar-refractivity contribution in [2.45, 2.75) is 20.0 Å². The zero-order valence-electron chi connectivity index (χ0n) is 11.6. The van der Waals surface area contributed by atoms with Gasteiger partial charge in [-0.3, -0.25) is 0 Å². The van der Waals surface area contributed by atoms with Crippen LogP contribution < -0.4 is 15.8 Å². The number of anilines is 3. The van der Waals surface area contributed by atoms with Crippen LogP contribution in [0.5, 0.6) is 5.75 Å². The highest BCUT2D eigenvalue weighted by molar-refractivity contribution is 6.39. The molecule has 6 heteroatoms. The number of nitrogens with two attached hydrogens (primary N) is 1. The minimum absolute atomic E-state index is 0.000507. The molecule has 0 bridgehead atoms. The quantitative estimate of drug-likeness (QED) is 0.754. The summed E-state index contributed by atoms with van der Waals surface area (Å²) in [6.45, 7) is 3.82. The number of nitrogens with one attached hydrogen (secondary N) is 1. The lowest BCUT2D eigenvalue weighted by atomic mass is 10.2. The fourth-order valence-corrected chi connectivity index (χ4v) is 2.36. The summed E-state index contributed by atoms with van der Waals surface area (Å²) in [5.41, 5.74) is 7.48. The molecule has 0 saturated heterocycles. The molecule has 3 nitrogen and oxygen atoms in total. The van der Waals surface area contributed by atoms with Crippen LogP contribution in [0.15, 0.2) is 30.3 Å². The van der Waals surface area contributed by atoms with Crippen LogP contribution in [0.1, 0.15) is 13.8 Å². The summed E-state index contributed by atoms with van der Waals surface area (Å²) in [7, 11) is 0. The Bertz CT molecular complexity index is 639. The van der Waals surface area contributed by atoms with Gasteiger partial charge in [-0.05, 0) is 38.1 Å². The van der Waals surface area contributed by atoms with Crippen LogP contribution in [0.2, 0.25) is 10.0 Å². The van der Waals surface area contributed by atoms with Crippen LogP contribution in [0.3, 0.4) is 0 Å². The summed E-state index contributed by atoms with van der Waals surface area (Å²) in [4.78, 5) is 0. The molecule has 0 saturated carbocycles. The highest BCUT2D eigenvalue weighted by Gasteiger charge is 2.12. The maximum absolute atomic E-state index is 13.2. The number of para-hydroxylation sites is 1. The number of hydrogen-bond donors (Lipinski definition) is 2. The summed E-state index contributed by atoms with van der Waals surface area (Å²) in [5.74, 6) is 0.0600. The van der Waals surface area contributed by atoms with E-state index in [1.165, 1.54) is 12.1 Å². The van der Waals surface area contributed by atoms with Gasteiger partial charge in [0.1, 0.15) is 11.6 Å². The van der Waals surface area contributed by atoms with E-state index in [0.717, 1.165) is 0 Å². The van der Waals surface area contributed by atoms with E-state index in [-0.39, 0.29) is 16.1 Å². The molecule has 3 N–H and O–H groups in total. The van der Waals surface area contributed by atoms with Gasteiger partial charge in [0, 0.05) is 0 Å². The third-order valence-corrected chi connectivity index (χ3v) is 3.29. The SMILES string of the molecule is CC(C)Oc1cccc(Nc2c(Cl)cc(F)cc2Cl)c1N. The predicted molar refractivity (Wildman–Crippen MR) is 86.3 cm³/mol. The standard InChI is InChI=1S/C15H15Cl2FN2O/c1-8(2)21-13-5-3-4-12(14(13)19)20-15-10(16)6-9(18)7-11(15)17/h3-8,20H,19H2,1-2H3. The average molecular weight is 329 g/mol. The first-order chi connectivity index (χ1) is 9.88. The molecule has 2 aromatic rings. The Morgan fingerprint density at radius 1 is 1.19 bits per heavy atom. The number of hydrogen-bond acceptors (Lipinski definition) is 3. The van der Waals surface area contributed by atoms with E-state index in [4.69, 9.17) is 33.7 Å². The van der Waals surface area contributed by atoms with Gasteiger partial charge in [0.15, 0.2) is 0 Å². The minimum Gasteiger partial charge on any atom is -0.489 e. The van der Waals surface area contributed by atoms with Crippen molar-refractivity contribution >= 4 is 40.3 Å². The maximum atomic E-state index is 13.2. The smallest absolute Gasteiger partial charge is 0.144 e. The van der Waals surface area contributed by atoms with Gasteiger partial charge in [0.05, 0.1) is 33.2 Å². The van der Waals surface area contributed by atoms with Crippen molar-refractivity contribution in [1.82, 2.24) is 0 Å². The molecule has 0 aliphatic carbocycles. The lowest BCUT2D eigenvalue weighted by Crippen LogP contribution is -2.08. The molecule has 21 heavy (non-hydrogen) atoms. The topological polar surface area (TPSA) is 47.3 Å². The Labute approximate surface area is 132 Å². The lowest BCUT2D eigenvalue weighted by Gasteiger charge is -2.17. The van der Waals surface area contributed by atoms with Crippen molar-refractivity contribution in [3.63, 3.8) is 0 Å². The van der Waals surface area contributed by atoms with E-state index >= 15 is 0 Å². The Balaban J connectivity index is 2.36. The number of ether oxygens (including phenoxy) is 1. The van der Waals surface area contributed by atoms with Crippen molar-refractivity contribution in [2.24, 2.45) is 0 Å². The molecule has 0 fully saturated rings. The summed E-state index contributed by atoms with van der Waals surface area (Å²) in [6, 6.07) is 7.69. The summed E-state index contributed by atoms with van der Waals surface area (Å²) >= 11 is 12.0. The monoisotopic (exact) mass is 328 g/mol. The van der Waals surface area contributed by atoms with Gasteiger partial charge in [-0.15, -0.1) is 0 Å². The van der Waals surface area contributed by atoms with Gasteiger partial charge in [-0.2, -0.15) is 0 Å². The summed E-state index contributed by atoms with van der Waals surface area (Å²) in [5, 5.41) is 3.37. The molecule has 0 unspecified atom stereocenters. The number of rotatable bonds is 4. The third kappa shape index (κ3) is 3.71. The lowest BCUT2D eigenvalue weighted by molar-refractivity contribution is 0.244. The first-order valence-corrected chi connectivity index (χ1v) is 7.10. The van der Waals surface area contributed by atoms with Crippen LogP contribution in [0, 0.1) is 5.82 Å². The van der Waals surface area contributed by atoms with Crippen molar-refractivity contribution < 1.29 is 9.13 Å². The second-order valence-corrected chi connectivity index (χ2v) is 5.57. The Kier molecular flexibility index (Phi) is 4.80. The van der Waals surface area contributed by atoms with E-state index in [9.17, 15) is 4.39 Å². The van der Waals surface area contributed by atoms with E-state index in [0.29, 0.717) is 22.8 Å². The second-order valence-electron chi connectivity index (χ2n) is 4.75. The molecule has 0 aliphatic heterocycles. The van der Waals surface area contributed by atoms with Gasteiger partial charge in [0.25, 0.3) is 0 Å².